The summed E-state index contributed by atoms with van der Waals surface area (Å²) in [5, 5.41) is 11.8. The number of hydrogen-bond donors (Lipinski definition) is 1. The summed E-state index contributed by atoms with van der Waals surface area (Å²) >= 11 is 5.93. The Labute approximate surface area is 109 Å². The first-order valence-electron chi connectivity index (χ1n) is 5.14. The first-order valence-corrected chi connectivity index (χ1v) is 5.51. The first-order chi connectivity index (χ1) is 8.70. The standard InChI is InChI=1S/C13H8ClN3O/c14-10-5-1-2-6-11(10)17-13(18)12-7-3-4-9(8-15)16-12/h1-7H,(H,17,18). The van der Waals surface area contributed by atoms with Gasteiger partial charge in [0.1, 0.15) is 17.5 Å². The van der Waals surface area contributed by atoms with Crippen LogP contribution in [0.4, 0.5) is 5.69 Å². The van der Waals surface area contributed by atoms with Crippen LogP contribution in [0.1, 0.15) is 16.2 Å². The molecule has 88 valence electrons. The topological polar surface area (TPSA) is 65.8 Å². The predicted molar refractivity (Wildman–Crippen MR) is 68.4 cm³/mol. The Hall–Kier alpha value is -2.38. The second-order valence-electron chi connectivity index (χ2n) is 3.45. The Balaban J connectivity index is 2.23. The molecule has 1 heterocycles. The number of amides is 1. The summed E-state index contributed by atoms with van der Waals surface area (Å²) in [6.07, 6.45) is 0. The van der Waals surface area contributed by atoms with Crippen molar-refractivity contribution in [2.45, 2.75) is 0 Å². The molecular weight excluding hydrogens is 250 g/mol. The maximum absolute atomic E-state index is 11.9. The van der Waals surface area contributed by atoms with Gasteiger partial charge in [0, 0.05) is 0 Å². The minimum atomic E-state index is -0.403. The van der Waals surface area contributed by atoms with Gasteiger partial charge in [-0.25, -0.2) is 4.98 Å². The van der Waals surface area contributed by atoms with Gasteiger partial charge in [0.25, 0.3) is 5.91 Å². The highest BCUT2D eigenvalue weighted by atomic mass is 35.5. The quantitative estimate of drug-likeness (QED) is 0.900. The number of pyridine rings is 1. The number of halogens is 1. The third kappa shape index (κ3) is 2.65. The molecule has 0 bridgehead atoms. The summed E-state index contributed by atoms with van der Waals surface area (Å²) in [6.45, 7) is 0. The fraction of sp³-hybridized carbons (Fsp3) is 0. The smallest absolute Gasteiger partial charge is 0.274 e. The SMILES string of the molecule is N#Cc1cccc(C(=O)Nc2ccccc2Cl)n1. The lowest BCUT2D eigenvalue weighted by atomic mass is 10.2. The van der Waals surface area contributed by atoms with Gasteiger partial charge in [-0.1, -0.05) is 29.8 Å². The lowest BCUT2D eigenvalue weighted by molar-refractivity contribution is 0.102. The summed E-state index contributed by atoms with van der Waals surface area (Å²) in [4.78, 5) is 15.8. The molecule has 0 radical (unpaired) electrons. The monoisotopic (exact) mass is 257 g/mol. The van der Waals surface area contributed by atoms with Gasteiger partial charge < -0.3 is 5.32 Å². The number of hydrogen-bond acceptors (Lipinski definition) is 3. The highest BCUT2D eigenvalue weighted by Gasteiger charge is 2.09. The maximum Gasteiger partial charge on any atom is 0.274 e. The fourth-order valence-corrected chi connectivity index (χ4v) is 1.56. The number of nitrogens with zero attached hydrogens (tertiary/aromatic N) is 2. The second-order valence-corrected chi connectivity index (χ2v) is 3.86. The van der Waals surface area contributed by atoms with E-state index in [4.69, 9.17) is 16.9 Å². The van der Waals surface area contributed by atoms with E-state index in [2.05, 4.69) is 10.3 Å². The number of nitrogens with one attached hydrogen (secondary N) is 1. The molecule has 1 aromatic carbocycles. The molecule has 0 aliphatic heterocycles. The van der Waals surface area contributed by atoms with Crippen LogP contribution in [-0.2, 0) is 0 Å². The molecule has 0 unspecified atom stereocenters. The van der Waals surface area contributed by atoms with Crippen LogP contribution >= 0.6 is 11.6 Å². The normalized spacial score (nSPS) is 9.56. The van der Waals surface area contributed by atoms with Gasteiger partial charge in [0.2, 0.25) is 0 Å². The third-order valence-corrected chi connectivity index (χ3v) is 2.55. The van der Waals surface area contributed by atoms with E-state index in [0.717, 1.165) is 0 Å². The predicted octanol–water partition coefficient (Wildman–Crippen LogP) is 2.86. The van der Waals surface area contributed by atoms with Crippen molar-refractivity contribution in [1.29, 1.82) is 5.26 Å². The molecule has 0 saturated carbocycles. The Kier molecular flexibility index (Phi) is 3.56. The van der Waals surface area contributed by atoms with Gasteiger partial charge in [-0.05, 0) is 24.3 Å². The number of rotatable bonds is 2. The number of anilines is 1. The van der Waals surface area contributed by atoms with Crippen LogP contribution in [0.25, 0.3) is 0 Å². The maximum atomic E-state index is 11.9. The minimum absolute atomic E-state index is 0.175. The summed E-state index contributed by atoms with van der Waals surface area (Å²) in [7, 11) is 0. The number of nitriles is 1. The summed E-state index contributed by atoms with van der Waals surface area (Å²) < 4.78 is 0. The van der Waals surface area contributed by atoms with Crippen molar-refractivity contribution < 1.29 is 4.79 Å². The summed E-state index contributed by atoms with van der Waals surface area (Å²) in [6, 6.07) is 13.5. The number of aromatic nitrogens is 1. The van der Waals surface area contributed by atoms with Crippen molar-refractivity contribution in [2.24, 2.45) is 0 Å². The van der Waals surface area contributed by atoms with Gasteiger partial charge in [-0.2, -0.15) is 5.26 Å². The lowest BCUT2D eigenvalue weighted by Crippen LogP contribution is -2.14. The first kappa shape index (κ1) is 12.1. The molecule has 1 N–H and O–H groups in total. The second kappa shape index (κ2) is 5.30. The Morgan fingerprint density at radius 2 is 2.00 bits per heavy atom. The van der Waals surface area contributed by atoms with Crippen LogP contribution in [0.15, 0.2) is 42.5 Å². The molecule has 0 atom stereocenters. The molecule has 0 fully saturated rings. The molecule has 0 aliphatic carbocycles. The Morgan fingerprint density at radius 1 is 1.22 bits per heavy atom. The van der Waals surface area contributed by atoms with Crippen molar-refractivity contribution in [1.82, 2.24) is 4.98 Å². The van der Waals surface area contributed by atoms with E-state index in [9.17, 15) is 4.79 Å². The van der Waals surface area contributed by atoms with Gasteiger partial charge in [0.05, 0.1) is 10.7 Å². The number of benzene rings is 1. The molecule has 2 rings (SSSR count). The summed E-state index contributed by atoms with van der Waals surface area (Å²) in [5.74, 6) is -0.403. The van der Waals surface area contributed by atoms with Crippen LogP contribution in [0.2, 0.25) is 5.02 Å². The van der Waals surface area contributed by atoms with Crippen LogP contribution in [0.3, 0.4) is 0 Å². The lowest BCUT2D eigenvalue weighted by Gasteiger charge is -2.06. The average Bonchev–Trinajstić information content (AvgIpc) is 2.41. The van der Waals surface area contributed by atoms with Crippen LogP contribution in [0.5, 0.6) is 0 Å². The van der Waals surface area contributed by atoms with E-state index in [1.54, 1.807) is 30.3 Å². The van der Waals surface area contributed by atoms with Gasteiger partial charge in [-0.3, -0.25) is 4.79 Å². The molecule has 0 aliphatic rings. The van der Waals surface area contributed by atoms with Crippen molar-refractivity contribution in [3.63, 3.8) is 0 Å². The van der Waals surface area contributed by atoms with E-state index < -0.39 is 5.91 Å². The van der Waals surface area contributed by atoms with Crippen molar-refractivity contribution in [3.8, 4) is 6.07 Å². The van der Waals surface area contributed by atoms with Crippen LogP contribution in [-0.4, -0.2) is 10.9 Å². The zero-order chi connectivity index (χ0) is 13.0. The molecule has 0 saturated heterocycles. The van der Waals surface area contributed by atoms with Crippen LogP contribution in [0, 0.1) is 11.3 Å². The molecule has 4 nitrogen and oxygen atoms in total. The van der Waals surface area contributed by atoms with Gasteiger partial charge >= 0.3 is 0 Å². The minimum Gasteiger partial charge on any atom is -0.319 e. The van der Waals surface area contributed by atoms with E-state index >= 15 is 0 Å². The van der Waals surface area contributed by atoms with Gasteiger partial charge in [0.15, 0.2) is 0 Å². The molecule has 2 aromatic rings. The zero-order valence-corrected chi connectivity index (χ0v) is 9.98. The Bertz CT molecular complexity index is 634. The molecular formula is C13H8ClN3O. The van der Waals surface area contributed by atoms with Crippen molar-refractivity contribution in [2.75, 3.05) is 5.32 Å². The molecule has 0 spiro atoms. The summed E-state index contributed by atoms with van der Waals surface area (Å²) in [5.41, 5.74) is 0.879. The van der Waals surface area contributed by atoms with Crippen molar-refractivity contribution >= 4 is 23.2 Å². The molecule has 1 amide bonds. The molecule has 5 heteroatoms. The number of para-hydroxylation sites is 1. The third-order valence-electron chi connectivity index (χ3n) is 2.22. The van der Waals surface area contributed by atoms with Crippen molar-refractivity contribution in [3.05, 3.63) is 58.9 Å². The molecule has 18 heavy (non-hydrogen) atoms. The largest absolute Gasteiger partial charge is 0.319 e. The number of carbonyl (C=O) groups is 1. The molecule has 1 aromatic heterocycles. The number of carbonyl (C=O) groups excluding carboxylic acids is 1. The van der Waals surface area contributed by atoms with Gasteiger partial charge in [-0.15, -0.1) is 0 Å². The zero-order valence-electron chi connectivity index (χ0n) is 9.22. The average molecular weight is 258 g/mol. The van der Waals surface area contributed by atoms with Crippen LogP contribution < -0.4 is 5.32 Å². The fourth-order valence-electron chi connectivity index (χ4n) is 1.37. The highest BCUT2D eigenvalue weighted by Crippen LogP contribution is 2.20. The van der Waals surface area contributed by atoms with E-state index in [1.165, 1.54) is 12.1 Å². The van der Waals surface area contributed by atoms with E-state index in [0.29, 0.717) is 10.7 Å². The highest BCUT2D eigenvalue weighted by molar-refractivity contribution is 6.33. The van der Waals surface area contributed by atoms with E-state index in [-0.39, 0.29) is 11.4 Å². The van der Waals surface area contributed by atoms with E-state index in [1.807, 2.05) is 6.07 Å². The Morgan fingerprint density at radius 3 is 2.72 bits per heavy atom.